The number of rotatable bonds is 4. The molecule has 88 valence electrons. The van der Waals surface area contributed by atoms with Crippen LogP contribution in [0.2, 0.25) is 0 Å². The van der Waals surface area contributed by atoms with E-state index in [0.29, 0.717) is 23.0 Å². The number of nitrogens with two attached hydrogens (primary N) is 1. The summed E-state index contributed by atoms with van der Waals surface area (Å²) in [5, 5.41) is 0. The van der Waals surface area contributed by atoms with E-state index in [0.717, 1.165) is 5.69 Å². The van der Waals surface area contributed by atoms with Crippen LogP contribution in [0.3, 0.4) is 0 Å². The van der Waals surface area contributed by atoms with Gasteiger partial charge in [-0.2, -0.15) is 0 Å². The SMILES string of the molecule is Cc1ncn(CCCC(=O)NN)c(=O)c1I. The van der Waals surface area contributed by atoms with Crippen LogP contribution < -0.4 is 16.8 Å². The van der Waals surface area contributed by atoms with Gasteiger partial charge in [-0.25, -0.2) is 10.8 Å². The third-order valence-electron chi connectivity index (χ3n) is 2.12. The number of carbonyl (C=O) groups excluding carboxylic acids is 1. The first-order valence-corrected chi connectivity index (χ1v) is 5.85. The van der Waals surface area contributed by atoms with Gasteiger partial charge in [0.25, 0.3) is 5.56 Å². The minimum absolute atomic E-state index is 0.0683. The Labute approximate surface area is 106 Å². The molecule has 1 rings (SSSR count). The Morgan fingerprint density at radius 2 is 2.38 bits per heavy atom. The summed E-state index contributed by atoms with van der Waals surface area (Å²) in [6, 6.07) is 0. The molecule has 1 heterocycles. The van der Waals surface area contributed by atoms with Crippen molar-refractivity contribution in [1.82, 2.24) is 15.0 Å². The molecule has 0 saturated heterocycles. The van der Waals surface area contributed by atoms with Crippen LogP contribution in [-0.2, 0) is 11.3 Å². The maximum atomic E-state index is 11.7. The highest BCUT2D eigenvalue weighted by Gasteiger charge is 2.05. The van der Waals surface area contributed by atoms with E-state index in [1.54, 1.807) is 6.92 Å². The zero-order valence-corrected chi connectivity index (χ0v) is 11.0. The lowest BCUT2D eigenvalue weighted by molar-refractivity contribution is -0.121. The van der Waals surface area contributed by atoms with E-state index in [2.05, 4.69) is 4.98 Å². The molecular weight excluding hydrogens is 323 g/mol. The lowest BCUT2D eigenvalue weighted by atomic mass is 10.3. The predicted octanol–water partition coefficient (Wildman–Crippen LogP) is -0.0736. The van der Waals surface area contributed by atoms with E-state index in [1.165, 1.54) is 10.9 Å². The van der Waals surface area contributed by atoms with Gasteiger partial charge in [0, 0.05) is 13.0 Å². The minimum atomic E-state index is -0.234. The van der Waals surface area contributed by atoms with Gasteiger partial charge >= 0.3 is 0 Å². The summed E-state index contributed by atoms with van der Waals surface area (Å²) < 4.78 is 2.11. The second-order valence-corrected chi connectivity index (χ2v) is 4.39. The molecule has 0 saturated carbocycles. The highest BCUT2D eigenvalue weighted by atomic mass is 127. The van der Waals surface area contributed by atoms with Crippen LogP contribution in [0.1, 0.15) is 18.5 Å². The van der Waals surface area contributed by atoms with Gasteiger partial charge in [-0.05, 0) is 35.9 Å². The summed E-state index contributed by atoms with van der Waals surface area (Å²) in [5.74, 6) is 4.71. The highest BCUT2D eigenvalue weighted by molar-refractivity contribution is 14.1. The third-order valence-corrected chi connectivity index (χ3v) is 3.36. The number of hydrogen-bond donors (Lipinski definition) is 2. The molecule has 1 aromatic heterocycles. The second kappa shape index (κ2) is 5.94. The molecule has 0 aliphatic carbocycles. The van der Waals surface area contributed by atoms with Crippen molar-refractivity contribution in [2.45, 2.75) is 26.3 Å². The summed E-state index contributed by atoms with van der Waals surface area (Å²) in [6.07, 6.45) is 2.36. The number of amides is 1. The Morgan fingerprint density at radius 1 is 1.69 bits per heavy atom. The molecule has 3 N–H and O–H groups in total. The number of aryl methyl sites for hydroxylation is 2. The predicted molar refractivity (Wildman–Crippen MR) is 67.5 cm³/mol. The molecule has 7 heteroatoms. The van der Waals surface area contributed by atoms with Gasteiger partial charge in [0.1, 0.15) is 0 Å². The van der Waals surface area contributed by atoms with Crippen molar-refractivity contribution in [2.75, 3.05) is 0 Å². The molecule has 1 amide bonds. The summed E-state index contributed by atoms with van der Waals surface area (Å²) in [7, 11) is 0. The number of halogens is 1. The molecule has 1 aromatic rings. The van der Waals surface area contributed by atoms with E-state index < -0.39 is 0 Å². The third kappa shape index (κ3) is 3.27. The van der Waals surface area contributed by atoms with E-state index >= 15 is 0 Å². The molecule has 0 atom stereocenters. The Balaban J connectivity index is 2.65. The summed E-state index contributed by atoms with van der Waals surface area (Å²) in [6.45, 7) is 2.25. The lowest BCUT2D eigenvalue weighted by Gasteiger charge is -2.06. The van der Waals surface area contributed by atoms with E-state index in [1.807, 2.05) is 28.0 Å². The number of aromatic nitrogens is 2. The average molecular weight is 336 g/mol. The maximum Gasteiger partial charge on any atom is 0.266 e. The number of hydrazine groups is 1. The molecule has 0 fully saturated rings. The van der Waals surface area contributed by atoms with Crippen LogP contribution >= 0.6 is 22.6 Å². The standard InChI is InChI=1S/C9H13IN4O2/c1-6-8(10)9(16)14(5-12-6)4-2-3-7(15)13-11/h5H,2-4,11H2,1H3,(H,13,15). The van der Waals surface area contributed by atoms with Crippen LogP contribution in [0.5, 0.6) is 0 Å². The van der Waals surface area contributed by atoms with Crippen LogP contribution in [0.4, 0.5) is 0 Å². The molecule has 16 heavy (non-hydrogen) atoms. The molecular formula is C9H13IN4O2. The van der Waals surface area contributed by atoms with Gasteiger partial charge in [0.15, 0.2) is 0 Å². The van der Waals surface area contributed by atoms with Gasteiger partial charge in [0.2, 0.25) is 5.91 Å². The van der Waals surface area contributed by atoms with Gasteiger partial charge in [0.05, 0.1) is 15.6 Å². The minimum Gasteiger partial charge on any atom is -0.298 e. The lowest BCUT2D eigenvalue weighted by Crippen LogP contribution is -2.30. The molecule has 0 spiro atoms. The zero-order chi connectivity index (χ0) is 12.1. The maximum absolute atomic E-state index is 11.7. The van der Waals surface area contributed by atoms with Gasteiger partial charge in [-0.15, -0.1) is 0 Å². The average Bonchev–Trinajstić information content (AvgIpc) is 2.29. The quantitative estimate of drug-likeness (QED) is 0.349. The first-order valence-electron chi connectivity index (χ1n) is 4.77. The summed E-state index contributed by atoms with van der Waals surface area (Å²) in [4.78, 5) is 26.7. The number of hydrogen-bond acceptors (Lipinski definition) is 4. The normalized spacial score (nSPS) is 10.2. The summed E-state index contributed by atoms with van der Waals surface area (Å²) in [5.41, 5.74) is 2.70. The molecule has 6 nitrogen and oxygen atoms in total. The van der Waals surface area contributed by atoms with Crippen LogP contribution in [0.15, 0.2) is 11.1 Å². The van der Waals surface area contributed by atoms with Gasteiger partial charge < -0.3 is 0 Å². The van der Waals surface area contributed by atoms with Crippen LogP contribution in [0.25, 0.3) is 0 Å². The van der Waals surface area contributed by atoms with Gasteiger partial charge in [-0.1, -0.05) is 0 Å². The zero-order valence-electron chi connectivity index (χ0n) is 8.86. The molecule has 0 unspecified atom stereocenters. The van der Waals surface area contributed by atoms with Crippen molar-refractivity contribution in [3.63, 3.8) is 0 Å². The van der Waals surface area contributed by atoms with Crippen molar-refractivity contribution in [1.29, 1.82) is 0 Å². The molecule has 0 radical (unpaired) electrons. The topological polar surface area (TPSA) is 90.0 Å². The van der Waals surface area contributed by atoms with E-state index in [-0.39, 0.29) is 11.5 Å². The van der Waals surface area contributed by atoms with E-state index in [4.69, 9.17) is 5.84 Å². The van der Waals surface area contributed by atoms with Crippen molar-refractivity contribution in [3.8, 4) is 0 Å². The molecule has 0 aliphatic rings. The molecule has 0 aliphatic heterocycles. The fraction of sp³-hybridized carbons (Fsp3) is 0.444. The van der Waals surface area contributed by atoms with Crippen LogP contribution in [-0.4, -0.2) is 15.5 Å². The van der Waals surface area contributed by atoms with E-state index in [9.17, 15) is 9.59 Å². The van der Waals surface area contributed by atoms with Crippen molar-refractivity contribution in [2.24, 2.45) is 5.84 Å². The second-order valence-electron chi connectivity index (χ2n) is 3.31. The Kier molecular flexibility index (Phi) is 4.87. The van der Waals surface area contributed by atoms with Crippen molar-refractivity contribution < 1.29 is 4.79 Å². The van der Waals surface area contributed by atoms with Crippen molar-refractivity contribution in [3.05, 3.63) is 25.9 Å². The Morgan fingerprint density at radius 3 is 3.00 bits per heavy atom. The largest absolute Gasteiger partial charge is 0.298 e. The summed E-state index contributed by atoms with van der Waals surface area (Å²) >= 11 is 1.97. The number of carbonyl (C=O) groups is 1. The molecule has 0 bridgehead atoms. The fourth-order valence-electron chi connectivity index (χ4n) is 1.19. The van der Waals surface area contributed by atoms with Crippen LogP contribution in [0, 0.1) is 10.5 Å². The Hall–Kier alpha value is -0.960. The highest BCUT2D eigenvalue weighted by Crippen LogP contribution is 2.02. The number of nitrogens with one attached hydrogen (secondary N) is 1. The van der Waals surface area contributed by atoms with Gasteiger partial charge in [-0.3, -0.25) is 19.6 Å². The smallest absolute Gasteiger partial charge is 0.266 e. The molecule has 0 aromatic carbocycles. The first kappa shape index (κ1) is 13.1. The fourth-order valence-corrected chi connectivity index (χ4v) is 1.64. The number of nitrogens with zero attached hydrogens (tertiary/aromatic N) is 2. The van der Waals surface area contributed by atoms with Crippen molar-refractivity contribution >= 4 is 28.5 Å². The Bertz CT molecular complexity index is 444. The monoisotopic (exact) mass is 336 g/mol. The first-order chi connectivity index (χ1) is 7.56.